The average molecular weight is 306 g/mol. The van der Waals surface area contributed by atoms with Crippen molar-refractivity contribution < 1.29 is 9.59 Å². The van der Waals surface area contributed by atoms with Crippen molar-refractivity contribution in [3.05, 3.63) is 59.9 Å². The number of nitrogens with zero attached hydrogens (tertiary/aromatic N) is 2. The van der Waals surface area contributed by atoms with E-state index < -0.39 is 5.91 Å². The van der Waals surface area contributed by atoms with Crippen molar-refractivity contribution in [2.75, 3.05) is 10.6 Å². The summed E-state index contributed by atoms with van der Waals surface area (Å²) in [5.41, 5.74) is 1.86. The summed E-state index contributed by atoms with van der Waals surface area (Å²) in [6.07, 6.45) is 4.65. The van der Waals surface area contributed by atoms with Gasteiger partial charge in [-0.15, -0.1) is 0 Å². The zero-order chi connectivity index (χ0) is 16.7. The molecule has 0 unspecified atom stereocenters. The topological polar surface area (TPSA) is 94.9 Å². The molecule has 0 aliphatic rings. The van der Waals surface area contributed by atoms with Crippen molar-refractivity contribution in [1.29, 1.82) is 5.26 Å². The van der Waals surface area contributed by atoms with Gasteiger partial charge in [-0.1, -0.05) is 0 Å². The Balaban J connectivity index is 2.09. The van der Waals surface area contributed by atoms with Crippen LogP contribution < -0.4 is 10.6 Å². The van der Waals surface area contributed by atoms with Crippen molar-refractivity contribution in [3.63, 3.8) is 0 Å². The molecule has 2 rings (SSSR count). The van der Waals surface area contributed by atoms with Gasteiger partial charge in [0.1, 0.15) is 11.6 Å². The molecule has 0 aliphatic carbocycles. The van der Waals surface area contributed by atoms with Crippen LogP contribution in [0.15, 0.2) is 54.4 Å². The van der Waals surface area contributed by atoms with E-state index >= 15 is 0 Å². The number of hydrogen-bond acceptors (Lipinski definition) is 4. The van der Waals surface area contributed by atoms with Crippen LogP contribution in [-0.2, 0) is 9.59 Å². The van der Waals surface area contributed by atoms with Gasteiger partial charge in [-0.25, -0.2) is 0 Å². The van der Waals surface area contributed by atoms with Gasteiger partial charge in [0.25, 0.3) is 5.91 Å². The third-order valence-electron chi connectivity index (χ3n) is 2.85. The maximum absolute atomic E-state index is 12.1. The van der Waals surface area contributed by atoms with Gasteiger partial charge < -0.3 is 10.6 Å². The Kier molecular flexibility index (Phi) is 5.21. The van der Waals surface area contributed by atoms with Gasteiger partial charge in [0.15, 0.2) is 0 Å². The highest BCUT2D eigenvalue weighted by molar-refractivity contribution is 6.09. The molecule has 0 fully saturated rings. The zero-order valence-corrected chi connectivity index (χ0v) is 12.4. The first-order chi connectivity index (χ1) is 11.1. The summed E-state index contributed by atoms with van der Waals surface area (Å²) in [6, 6.07) is 11.9. The van der Waals surface area contributed by atoms with Crippen molar-refractivity contribution in [2.24, 2.45) is 0 Å². The van der Waals surface area contributed by atoms with E-state index in [0.29, 0.717) is 16.9 Å². The number of rotatable bonds is 4. The zero-order valence-electron chi connectivity index (χ0n) is 12.4. The van der Waals surface area contributed by atoms with Crippen LogP contribution in [0.4, 0.5) is 11.4 Å². The number of carbonyl (C=O) groups excluding carboxylic acids is 2. The van der Waals surface area contributed by atoms with Crippen LogP contribution in [0.2, 0.25) is 0 Å². The van der Waals surface area contributed by atoms with E-state index in [9.17, 15) is 9.59 Å². The molecule has 0 spiro atoms. The lowest BCUT2D eigenvalue weighted by molar-refractivity contribution is -0.114. The fourth-order valence-corrected chi connectivity index (χ4v) is 1.81. The number of nitriles is 1. The largest absolute Gasteiger partial charge is 0.326 e. The van der Waals surface area contributed by atoms with Crippen LogP contribution in [0.5, 0.6) is 0 Å². The van der Waals surface area contributed by atoms with E-state index in [-0.39, 0.29) is 11.5 Å². The molecule has 6 heteroatoms. The molecule has 114 valence electrons. The molecular weight excluding hydrogens is 292 g/mol. The van der Waals surface area contributed by atoms with Gasteiger partial charge in [-0.2, -0.15) is 5.26 Å². The molecule has 1 aromatic heterocycles. The van der Waals surface area contributed by atoms with Crippen LogP contribution in [0.3, 0.4) is 0 Å². The number of amides is 2. The average Bonchev–Trinajstić information content (AvgIpc) is 2.55. The van der Waals surface area contributed by atoms with Crippen molar-refractivity contribution in [3.8, 4) is 6.07 Å². The van der Waals surface area contributed by atoms with Gasteiger partial charge in [-0.3, -0.25) is 14.6 Å². The number of hydrogen-bond donors (Lipinski definition) is 2. The Morgan fingerprint density at radius 1 is 1.04 bits per heavy atom. The first-order valence-electron chi connectivity index (χ1n) is 6.79. The van der Waals surface area contributed by atoms with E-state index in [1.54, 1.807) is 48.8 Å². The molecule has 2 N–H and O–H groups in total. The maximum atomic E-state index is 12.1. The van der Waals surface area contributed by atoms with Crippen LogP contribution in [-0.4, -0.2) is 16.8 Å². The molecule has 0 bridgehead atoms. The number of nitrogens with one attached hydrogen (secondary N) is 2. The molecule has 0 radical (unpaired) electrons. The van der Waals surface area contributed by atoms with Gasteiger partial charge in [0.2, 0.25) is 5.91 Å². The van der Waals surface area contributed by atoms with E-state index in [1.807, 2.05) is 6.07 Å². The van der Waals surface area contributed by atoms with E-state index in [0.717, 1.165) is 0 Å². The highest BCUT2D eigenvalue weighted by Crippen LogP contribution is 2.15. The first-order valence-corrected chi connectivity index (χ1v) is 6.79. The van der Waals surface area contributed by atoms with Crippen molar-refractivity contribution >= 4 is 29.3 Å². The Bertz CT molecular complexity index is 774. The minimum atomic E-state index is -0.503. The van der Waals surface area contributed by atoms with Crippen LogP contribution in [0.1, 0.15) is 12.5 Å². The summed E-state index contributed by atoms with van der Waals surface area (Å²) < 4.78 is 0. The molecule has 6 nitrogen and oxygen atoms in total. The second-order valence-corrected chi connectivity index (χ2v) is 4.66. The number of aromatic nitrogens is 1. The second kappa shape index (κ2) is 7.52. The third kappa shape index (κ3) is 4.79. The smallest absolute Gasteiger partial charge is 0.266 e. The quantitative estimate of drug-likeness (QED) is 0.670. The lowest BCUT2D eigenvalue weighted by Crippen LogP contribution is -2.13. The molecule has 2 aromatic rings. The molecule has 0 saturated heterocycles. The number of benzene rings is 1. The Morgan fingerprint density at radius 3 is 2.13 bits per heavy atom. The minimum Gasteiger partial charge on any atom is -0.326 e. The summed E-state index contributed by atoms with van der Waals surface area (Å²) in [5, 5.41) is 14.4. The molecule has 0 atom stereocenters. The summed E-state index contributed by atoms with van der Waals surface area (Å²) in [6.45, 7) is 1.42. The number of anilines is 2. The summed E-state index contributed by atoms with van der Waals surface area (Å²) in [5.74, 6) is -0.676. The predicted octanol–water partition coefficient (Wildman–Crippen LogP) is 2.59. The van der Waals surface area contributed by atoms with Crippen molar-refractivity contribution in [2.45, 2.75) is 6.92 Å². The highest BCUT2D eigenvalue weighted by atomic mass is 16.2. The molecule has 0 aliphatic heterocycles. The number of pyridine rings is 1. The molecular formula is C17H14N4O2. The normalized spacial score (nSPS) is 10.5. The maximum Gasteiger partial charge on any atom is 0.266 e. The van der Waals surface area contributed by atoms with Gasteiger partial charge in [-0.05, 0) is 48.0 Å². The Hall–Kier alpha value is -3.46. The van der Waals surface area contributed by atoms with E-state index in [2.05, 4.69) is 15.6 Å². The lowest BCUT2D eigenvalue weighted by Gasteiger charge is -2.06. The summed E-state index contributed by atoms with van der Waals surface area (Å²) in [4.78, 5) is 26.9. The van der Waals surface area contributed by atoms with Gasteiger partial charge in [0.05, 0.1) is 0 Å². The predicted molar refractivity (Wildman–Crippen MR) is 87.2 cm³/mol. The van der Waals surface area contributed by atoms with Gasteiger partial charge in [0, 0.05) is 30.7 Å². The van der Waals surface area contributed by atoms with Crippen LogP contribution >= 0.6 is 0 Å². The first kappa shape index (κ1) is 15.9. The SMILES string of the molecule is CC(=O)Nc1ccc(NC(=O)/C(C#N)=C/c2ccncc2)cc1. The molecule has 2 amide bonds. The molecule has 1 aromatic carbocycles. The van der Waals surface area contributed by atoms with E-state index in [1.165, 1.54) is 13.0 Å². The summed E-state index contributed by atoms with van der Waals surface area (Å²) in [7, 11) is 0. The monoisotopic (exact) mass is 306 g/mol. The summed E-state index contributed by atoms with van der Waals surface area (Å²) >= 11 is 0. The third-order valence-corrected chi connectivity index (χ3v) is 2.85. The fourth-order valence-electron chi connectivity index (χ4n) is 1.81. The molecule has 1 heterocycles. The fraction of sp³-hybridized carbons (Fsp3) is 0.0588. The van der Waals surface area contributed by atoms with Gasteiger partial charge >= 0.3 is 0 Å². The molecule has 0 saturated carbocycles. The standard InChI is InChI=1S/C17H14N4O2/c1-12(22)20-15-2-4-16(5-3-15)21-17(23)14(11-18)10-13-6-8-19-9-7-13/h2-10H,1H3,(H,20,22)(H,21,23)/b14-10+. The van der Waals surface area contributed by atoms with Crippen LogP contribution in [0.25, 0.3) is 6.08 Å². The van der Waals surface area contributed by atoms with Crippen LogP contribution in [0, 0.1) is 11.3 Å². The minimum absolute atomic E-state index is 0.0119. The number of carbonyl (C=O) groups is 2. The Labute approximate surface area is 133 Å². The van der Waals surface area contributed by atoms with E-state index in [4.69, 9.17) is 5.26 Å². The Morgan fingerprint density at radius 2 is 1.61 bits per heavy atom. The van der Waals surface area contributed by atoms with Crippen molar-refractivity contribution in [1.82, 2.24) is 4.98 Å². The highest BCUT2D eigenvalue weighted by Gasteiger charge is 2.09. The molecule has 23 heavy (non-hydrogen) atoms. The lowest BCUT2D eigenvalue weighted by atomic mass is 10.1. The second-order valence-electron chi connectivity index (χ2n) is 4.66.